The zero-order chi connectivity index (χ0) is 27.4. The summed E-state index contributed by atoms with van der Waals surface area (Å²) in [5.41, 5.74) is 2.09. The fourth-order valence-electron chi connectivity index (χ4n) is 4.61. The summed E-state index contributed by atoms with van der Waals surface area (Å²) in [5, 5.41) is 8.76. The predicted octanol–water partition coefficient (Wildman–Crippen LogP) is 5.39. The molecule has 0 spiro atoms. The lowest BCUT2D eigenvalue weighted by molar-refractivity contribution is -0.137. The second-order valence-corrected chi connectivity index (χ2v) is 10.3. The number of imide groups is 1. The topological polar surface area (TPSA) is 109 Å². The number of carbonyl (C=O) groups is 2. The van der Waals surface area contributed by atoms with E-state index in [9.17, 15) is 22.8 Å². The molecule has 0 bridgehead atoms. The lowest BCUT2D eigenvalue weighted by Gasteiger charge is -2.30. The molecule has 0 atom stereocenters. The molecule has 2 amide bonds. The number of halogens is 3. The molecule has 8 nitrogen and oxygen atoms in total. The highest BCUT2D eigenvalue weighted by atomic mass is 32.2. The molecule has 0 unspecified atom stereocenters. The molecule has 0 radical (unpaired) electrons. The summed E-state index contributed by atoms with van der Waals surface area (Å²) >= 11 is 0.843. The minimum Gasteiger partial charge on any atom is -0.351 e. The molecule has 5 rings (SSSR count). The largest absolute Gasteiger partial charge is 0.416 e. The predicted molar refractivity (Wildman–Crippen MR) is 142 cm³/mol. The highest BCUT2D eigenvalue weighted by Gasteiger charge is 2.30. The Morgan fingerprint density at radius 1 is 0.974 bits per heavy atom. The molecule has 1 aromatic carbocycles. The van der Waals surface area contributed by atoms with E-state index in [1.807, 2.05) is 12.1 Å². The number of pyridine rings is 1. The van der Waals surface area contributed by atoms with Gasteiger partial charge in [0.1, 0.15) is 0 Å². The van der Waals surface area contributed by atoms with Crippen molar-refractivity contribution in [3.8, 4) is 11.3 Å². The fourth-order valence-corrected chi connectivity index (χ4v) is 5.28. The van der Waals surface area contributed by atoms with Crippen molar-refractivity contribution in [2.45, 2.75) is 50.5 Å². The van der Waals surface area contributed by atoms with E-state index in [4.69, 9.17) is 0 Å². The Morgan fingerprint density at radius 2 is 1.72 bits per heavy atom. The van der Waals surface area contributed by atoms with Crippen LogP contribution in [0.15, 0.2) is 59.8 Å². The lowest BCUT2D eigenvalue weighted by Crippen LogP contribution is -2.37. The molecule has 1 saturated heterocycles. The molecular weight excluding hydrogens is 529 g/mol. The number of benzene rings is 1. The number of alkyl halides is 3. The smallest absolute Gasteiger partial charge is 0.351 e. The standard InChI is InChI=1S/C27H25F3N6O2S/c28-27(29,30)18-5-3-16(4-6-18)23-17(2-1-12-31-23)15-33-19-7-9-20(10-8-19)34-25-32-13-11-21(35-25)14-22-24(37)36-26(38)39-22/h1-6,11-14,19-20,33H,7-10,15H2,(H,32,34,35)(H,36,37,38)/b22-14-/t19-,20-. The van der Waals surface area contributed by atoms with E-state index < -0.39 is 22.9 Å². The third-order valence-electron chi connectivity index (χ3n) is 6.62. The van der Waals surface area contributed by atoms with Gasteiger partial charge in [-0.25, -0.2) is 9.97 Å². The van der Waals surface area contributed by atoms with Crippen molar-refractivity contribution >= 4 is 34.9 Å². The minimum atomic E-state index is -4.37. The maximum absolute atomic E-state index is 12.9. The van der Waals surface area contributed by atoms with Crippen LogP contribution in [0.1, 0.15) is 42.5 Å². The molecule has 2 fully saturated rings. The number of amides is 2. The van der Waals surface area contributed by atoms with Crippen molar-refractivity contribution < 1.29 is 22.8 Å². The van der Waals surface area contributed by atoms with Gasteiger partial charge in [-0.15, -0.1) is 0 Å². The zero-order valence-electron chi connectivity index (χ0n) is 20.7. The van der Waals surface area contributed by atoms with Crippen LogP contribution in [0.3, 0.4) is 0 Å². The summed E-state index contributed by atoms with van der Waals surface area (Å²) in [7, 11) is 0. The van der Waals surface area contributed by atoms with E-state index in [0.717, 1.165) is 55.1 Å². The number of thioether (sulfide) groups is 1. The first kappa shape index (κ1) is 26.8. The molecule has 2 aromatic heterocycles. The van der Waals surface area contributed by atoms with E-state index in [-0.39, 0.29) is 12.1 Å². The van der Waals surface area contributed by atoms with Gasteiger partial charge in [0, 0.05) is 36.6 Å². The molecule has 1 aliphatic heterocycles. The van der Waals surface area contributed by atoms with E-state index >= 15 is 0 Å². The van der Waals surface area contributed by atoms with Crippen LogP contribution in [0, 0.1) is 0 Å². The van der Waals surface area contributed by atoms with Crippen molar-refractivity contribution in [2.75, 3.05) is 5.32 Å². The fraction of sp³-hybridized carbons (Fsp3) is 0.296. The Morgan fingerprint density at radius 3 is 2.41 bits per heavy atom. The Balaban J connectivity index is 1.14. The van der Waals surface area contributed by atoms with E-state index in [1.165, 1.54) is 12.1 Å². The van der Waals surface area contributed by atoms with E-state index in [1.54, 1.807) is 24.5 Å². The Kier molecular flexibility index (Phi) is 7.94. The van der Waals surface area contributed by atoms with Crippen molar-refractivity contribution in [3.63, 3.8) is 0 Å². The Hall–Kier alpha value is -3.77. The number of aromatic nitrogens is 3. The first-order valence-corrected chi connectivity index (χ1v) is 13.3. The summed E-state index contributed by atoms with van der Waals surface area (Å²) in [6.45, 7) is 0.556. The highest BCUT2D eigenvalue weighted by Crippen LogP contribution is 2.31. The number of hydrogen-bond donors (Lipinski definition) is 3. The number of hydrogen-bond acceptors (Lipinski definition) is 8. The minimum absolute atomic E-state index is 0.192. The molecule has 3 aromatic rings. The summed E-state index contributed by atoms with van der Waals surface area (Å²) < 4.78 is 38.8. The van der Waals surface area contributed by atoms with Crippen molar-refractivity contribution in [1.82, 2.24) is 25.6 Å². The molecule has 3 heterocycles. The van der Waals surface area contributed by atoms with Gasteiger partial charge in [0.2, 0.25) is 5.95 Å². The second-order valence-electron chi connectivity index (χ2n) is 9.32. The van der Waals surface area contributed by atoms with Crippen LogP contribution < -0.4 is 16.0 Å². The monoisotopic (exact) mass is 554 g/mol. The van der Waals surface area contributed by atoms with Crippen molar-refractivity contribution in [2.24, 2.45) is 0 Å². The van der Waals surface area contributed by atoms with Crippen LogP contribution in [0.4, 0.5) is 23.9 Å². The number of rotatable bonds is 7. The maximum atomic E-state index is 12.9. The maximum Gasteiger partial charge on any atom is 0.416 e. The van der Waals surface area contributed by atoms with Gasteiger partial charge in [-0.05, 0) is 73.4 Å². The second kappa shape index (κ2) is 11.5. The van der Waals surface area contributed by atoms with E-state index in [0.29, 0.717) is 34.3 Å². The molecule has 202 valence electrons. The highest BCUT2D eigenvalue weighted by molar-refractivity contribution is 8.18. The SMILES string of the molecule is O=C1NC(=O)/C(=C/c2ccnc(N[C@H]3CC[C@H](NCc4cccnc4-c4ccc(C(F)(F)F)cc4)CC3)n2)S1. The van der Waals surface area contributed by atoms with Crippen molar-refractivity contribution in [3.05, 3.63) is 76.6 Å². The van der Waals surface area contributed by atoms with Crippen LogP contribution in [0.5, 0.6) is 0 Å². The quantitative estimate of drug-likeness (QED) is 0.334. The molecule has 2 aliphatic rings. The molecule has 3 N–H and O–H groups in total. The van der Waals surface area contributed by atoms with Gasteiger partial charge in [0.15, 0.2) is 0 Å². The summed E-state index contributed by atoms with van der Waals surface area (Å²) in [5.74, 6) is 0.0359. The number of anilines is 1. The van der Waals surface area contributed by atoms with Crippen LogP contribution in [0.25, 0.3) is 17.3 Å². The van der Waals surface area contributed by atoms with Gasteiger partial charge in [-0.1, -0.05) is 18.2 Å². The third kappa shape index (κ3) is 6.82. The molecule has 12 heteroatoms. The van der Waals surface area contributed by atoms with Crippen LogP contribution in [-0.4, -0.2) is 38.2 Å². The van der Waals surface area contributed by atoms with E-state index in [2.05, 4.69) is 30.9 Å². The molecular formula is C27H25F3N6O2S. The molecule has 1 aliphatic carbocycles. The van der Waals surface area contributed by atoms with Gasteiger partial charge >= 0.3 is 6.18 Å². The average Bonchev–Trinajstić information content (AvgIpc) is 3.24. The molecule has 1 saturated carbocycles. The Labute approximate surface area is 226 Å². The van der Waals surface area contributed by atoms with Gasteiger partial charge in [0.05, 0.1) is 21.9 Å². The van der Waals surface area contributed by atoms with Gasteiger partial charge < -0.3 is 10.6 Å². The van der Waals surface area contributed by atoms with Crippen molar-refractivity contribution in [1.29, 1.82) is 0 Å². The van der Waals surface area contributed by atoms with Crippen LogP contribution >= 0.6 is 11.8 Å². The van der Waals surface area contributed by atoms with Crippen LogP contribution in [-0.2, 0) is 17.5 Å². The first-order valence-electron chi connectivity index (χ1n) is 12.4. The summed E-state index contributed by atoms with van der Waals surface area (Å²) in [4.78, 5) is 36.6. The van der Waals surface area contributed by atoms with Crippen LogP contribution in [0.2, 0.25) is 0 Å². The third-order valence-corrected chi connectivity index (χ3v) is 7.43. The lowest BCUT2D eigenvalue weighted by atomic mass is 9.91. The number of nitrogens with zero attached hydrogens (tertiary/aromatic N) is 3. The zero-order valence-corrected chi connectivity index (χ0v) is 21.5. The number of nitrogens with one attached hydrogen (secondary N) is 3. The summed E-state index contributed by atoms with van der Waals surface area (Å²) in [6, 6.07) is 11.0. The van der Waals surface area contributed by atoms with Gasteiger partial charge in [0.25, 0.3) is 11.1 Å². The normalized spacial score (nSPS) is 20.7. The molecule has 39 heavy (non-hydrogen) atoms. The van der Waals surface area contributed by atoms with Gasteiger partial charge in [-0.3, -0.25) is 19.9 Å². The van der Waals surface area contributed by atoms with Gasteiger partial charge in [-0.2, -0.15) is 13.2 Å². The first-order chi connectivity index (χ1) is 18.7. The summed E-state index contributed by atoms with van der Waals surface area (Å²) in [6.07, 6.45) is 4.10. The average molecular weight is 555 g/mol. The number of carbonyl (C=O) groups excluding carboxylic acids is 2. The Bertz CT molecular complexity index is 1390.